The summed E-state index contributed by atoms with van der Waals surface area (Å²) < 4.78 is 0. The highest BCUT2D eigenvalue weighted by Gasteiger charge is 2.23. The van der Waals surface area contributed by atoms with Crippen LogP contribution < -0.4 is 10.2 Å². The fraction of sp³-hybridized carbons (Fsp3) is 0.812. The van der Waals surface area contributed by atoms with Gasteiger partial charge in [-0.2, -0.15) is 0 Å². The van der Waals surface area contributed by atoms with Crippen LogP contribution in [0.2, 0.25) is 0 Å². The van der Waals surface area contributed by atoms with E-state index in [1.54, 1.807) is 0 Å². The topological polar surface area (TPSA) is 31.4 Å². The third kappa shape index (κ3) is 3.96. The number of hydrogen-bond donors (Lipinski definition) is 1. The molecule has 0 amide bonds. The van der Waals surface area contributed by atoms with Crippen molar-refractivity contribution in [3.8, 4) is 0 Å². The van der Waals surface area contributed by atoms with Gasteiger partial charge in [-0.15, -0.1) is 11.3 Å². The van der Waals surface area contributed by atoms with Crippen molar-refractivity contribution in [1.82, 2.24) is 15.2 Å². The van der Waals surface area contributed by atoms with Gasteiger partial charge in [-0.25, -0.2) is 4.98 Å². The Kier molecular flexibility index (Phi) is 5.14. The molecule has 4 nitrogen and oxygen atoms in total. The average molecular weight is 308 g/mol. The van der Waals surface area contributed by atoms with E-state index < -0.39 is 0 Å². The molecular weight excluding hydrogens is 280 g/mol. The predicted molar refractivity (Wildman–Crippen MR) is 90.3 cm³/mol. The van der Waals surface area contributed by atoms with Crippen LogP contribution in [-0.4, -0.2) is 48.6 Å². The first-order chi connectivity index (χ1) is 10.3. The molecule has 0 aromatic carbocycles. The minimum absolute atomic E-state index is 0.776. The quantitative estimate of drug-likeness (QED) is 0.838. The molecule has 0 atom stereocenters. The summed E-state index contributed by atoms with van der Waals surface area (Å²) in [6.45, 7) is 11.3. The monoisotopic (exact) mass is 308 g/mol. The van der Waals surface area contributed by atoms with Gasteiger partial charge in [-0.3, -0.25) is 0 Å². The molecular formula is C16H28N4S. The highest BCUT2D eigenvalue weighted by atomic mass is 32.1. The van der Waals surface area contributed by atoms with Crippen LogP contribution in [0.15, 0.2) is 0 Å². The van der Waals surface area contributed by atoms with Gasteiger partial charge in [0.25, 0.3) is 0 Å². The van der Waals surface area contributed by atoms with E-state index >= 15 is 0 Å². The van der Waals surface area contributed by atoms with Gasteiger partial charge in [0, 0.05) is 43.6 Å². The van der Waals surface area contributed by atoms with Crippen molar-refractivity contribution in [1.29, 1.82) is 0 Å². The number of hydrogen-bond acceptors (Lipinski definition) is 5. The Morgan fingerprint density at radius 1 is 1.19 bits per heavy atom. The summed E-state index contributed by atoms with van der Waals surface area (Å²) in [5.41, 5.74) is 1.34. The van der Waals surface area contributed by atoms with Crippen molar-refractivity contribution in [3.05, 3.63) is 10.6 Å². The molecule has 0 radical (unpaired) electrons. The molecule has 21 heavy (non-hydrogen) atoms. The van der Waals surface area contributed by atoms with E-state index in [0.717, 1.165) is 32.1 Å². The second kappa shape index (κ2) is 7.07. The molecule has 0 spiro atoms. The lowest BCUT2D eigenvalue weighted by Gasteiger charge is -2.33. The molecule has 5 heteroatoms. The zero-order chi connectivity index (χ0) is 14.7. The van der Waals surface area contributed by atoms with Crippen LogP contribution in [-0.2, 0) is 13.0 Å². The maximum absolute atomic E-state index is 4.96. The van der Waals surface area contributed by atoms with E-state index in [9.17, 15) is 0 Å². The van der Waals surface area contributed by atoms with Crippen LogP contribution in [0.5, 0.6) is 0 Å². The van der Waals surface area contributed by atoms with Gasteiger partial charge >= 0.3 is 0 Å². The summed E-state index contributed by atoms with van der Waals surface area (Å²) >= 11 is 1.92. The number of thiazole rings is 1. The lowest BCUT2D eigenvalue weighted by Crippen LogP contribution is -2.46. The zero-order valence-corrected chi connectivity index (χ0v) is 14.2. The highest BCUT2D eigenvalue weighted by molar-refractivity contribution is 7.15. The molecule has 0 unspecified atom stereocenters. The van der Waals surface area contributed by atoms with Crippen LogP contribution in [0.4, 0.5) is 5.13 Å². The molecule has 2 heterocycles. The summed E-state index contributed by atoms with van der Waals surface area (Å²) in [6.07, 6.45) is 5.01. The maximum Gasteiger partial charge on any atom is 0.185 e. The third-order valence-corrected chi connectivity index (χ3v) is 5.63. The highest BCUT2D eigenvalue weighted by Crippen LogP contribution is 2.29. The van der Waals surface area contributed by atoms with Gasteiger partial charge in [0.2, 0.25) is 0 Å². The van der Waals surface area contributed by atoms with Gasteiger partial charge in [0.1, 0.15) is 0 Å². The number of rotatable bonds is 7. The van der Waals surface area contributed by atoms with E-state index in [4.69, 9.17) is 4.98 Å². The van der Waals surface area contributed by atoms with Crippen LogP contribution in [0.1, 0.15) is 43.7 Å². The molecule has 1 saturated carbocycles. The minimum atomic E-state index is 0.776. The predicted octanol–water partition coefficient (Wildman–Crippen LogP) is 2.49. The van der Waals surface area contributed by atoms with Gasteiger partial charge in [0.05, 0.1) is 5.69 Å². The SMILES string of the molecule is CCCc1nc(N2CCN(CC)CC2)sc1CNC1CC1. The van der Waals surface area contributed by atoms with Crippen molar-refractivity contribution in [2.24, 2.45) is 0 Å². The first kappa shape index (κ1) is 15.3. The lowest BCUT2D eigenvalue weighted by atomic mass is 10.2. The summed E-state index contributed by atoms with van der Waals surface area (Å²) in [6, 6.07) is 0.776. The first-order valence-corrected chi connectivity index (χ1v) is 9.31. The molecule has 1 aliphatic heterocycles. The maximum atomic E-state index is 4.96. The largest absolute Gasteiger partial charge is 0.346 e. The number of aromatic nitrogens is 1. The van der Waals surface area contributed by atoms with E-state index in [1.807, 2.05) is 11.3 Å². The van der Waals surface area contributed by atoms with Crippen LogP contribution >= 0.6 is 11.3 Å². The van der Waals surface area contributed by atoms with Crippen molar-refractivity contribution in [2.75, 3.05) is 37.6 Å². The molecule has 1 aromatic rings. The molecule has 118 valence electrons. The van der Waals surface area contributed by atoms with Crippen LogP contribution in [0.3, 0.4) is 0 Å². The Bertz CT molecular complexity index is 447. The Balaban J connectivity index is 1.65. The molecule has 1 saturated heterocycles. The Hall–Kier alpha value is -0.650. The van der Waals surface area contributed by atoms with Crippen molar-refractivity contribution in [2.45, 2.75) is 52.1 Å². The molecule has 3 rings (SSSR count). The number of likely N-dealkylation sites (N-methyl/N-ethyl adjacent to an activating group) is 1. The third-order valence-electron chi connectivity index (χ3n) is 4.47. The molecule has 1 aliphatic carbocycles. The van der Waals surface area contributed by atoms with Crippen LogP contribution in [0, 0.1) is 0 Å². The van der Waals surface area contributed by atoms with Crippen molar-refractivity contribution < 1.29 is 0 Å². The smallest absolute Gasteiger partial charge is 0.185 e. The van der Waals surface area contributed by atoms with Crippen LogP contribution in [0.25, 0.3) is 0 Å². The standard InChI is InChI=1S/C16H28N4S/c1-3-5-14-15(12-17-13-6-7-13)21-16(18-14)20-10-8-19(4-2)9-11-20/h13,17H,3-12H2,1-2H3. The lowest BCUT2D eigenvalue weighted by molar-refractivity contribution is 0.271. The average Bonchev–Trinajstić information content (AvgIpc) is 3.27. The summed E-state index contributed by atoms with van der Waals surface area (Å²) in [5, 5.41) is 4.90. The number of nitrogens with zero attached hydrogens (tertiary/aromatic N) is 3. The number of nitrogens with one attached hydrogen (secondary N) is 1. The van der Waals surface area contributed by atoms with Crippen molar-refractivity contribution >= 4 is 16.5 Å². The second-order valence-corrected chi connectivity index (χ2v) is 7.25. The zero-order valence-electron chi connectivity index (χ0n) is 13.4. The van der Waals surface area contributed by atoms with E-state index in [-0.39, 0.29) is 0 Å². The summed E-state index contributed by atoms with van der Waals surface area (Å²) in [4.78, 5) is 11.4. The fourth-order valence-corrected chi connectivity index (χ4v) is 3.96. The number of aryl methyl sites for hydroxylation is 1. The first-order valence-electron chi connectivity index (χ1n) is 8.49. The molecule has 1 N–H and O–H groups in total. The Morgan fingerprint density at radius 3 is 2.57 bits per heavy atom. The molecule has 0 bridgehead atoms. The summed E-state index contributed by atoms with van der Waals surface area (Å²) in [5.74, 6) is 0. The van der Waals surface area contributed by atoms with E-state index in [0.29, 0.717) is 0 Å². The number of anilines is 1. The van der Waals surface area contributed by atoms with Gasteiger partial charge < -0.3 is 15.1 Å². The van der Waals surface area contributed by atoms with Gasteiger partial charge in [-0.1, -0.05) is 20.3 Å². The van der Waals surface area contributed by atoms with Gasteiger partial charge in [0.15, 0.2) is 5.13 Å². The van der Waals surface area contributed by atoms with Gasteiger partial charge in [-0.05, 0) is 25.8 Å². The summed E-state index contributed by atoms with van der Waals surface area (Å²) in [7, 11) is 0. The normalized spacial score (nSPS) is 20.2. The fourth-order valence-electron chi connectivity index (χ4n) is 2.86. The van der Waals surface area contributed by atoms with E-state index in [1.165, 1.54) is 54.6 Å². The second-order valence-electron chi connectivity index (χ2n) is 6.19. The molecule has 1 aromatic heterocycles. The Labute approximate surface area is 132 Å². The number of piperazine rings is 1. The Morgan fingerprint density at radius 2 is 1.95 bits per heavy atom. The minimum Gasteiger partial charge on any atom is -0.346 e. The molecule has 2 fully saturated rings. The van der Waals surface area contributed by atoms with E-state index in [2.05, 4.69) is 29.0 Å². The van der Waals surface area contributed by atoms with Crippen molar-refractivity contribution in [3.63, 3.8) is 0 Å². The molecule has 2 aliphatic rings.